The summed E-state index contributed by atoms with van der Waals surface area (Å²) in [7, 11) is 0. The summed E-state index contributed by atoms with van der Waals surface area (Å²) in [4.78, 5) is 0. The summed E-state index contributed by atoms with van der Waals surface area (Å²) in [6, 6.07) is 11.8. The molecule has 1 unspecified atom stereocenters. The van der Waals surface area contributed by atoms with Crippen LogP contribution in [-0.4, -0.2) is 5.11 Å². The van der Waals surface area contributed by atoms with Crippen molar-refractivity contribution in [2.45, 2.75) is 26.9 Å². The van der Waals surface area contributed by atoms with Crippen molar-refractivity contribution in [3.05, 3.63) is 69.2 Å². The lowest BCUT2D eigenvalue weighted by molar-refractivity contribution is 0.219. The summed E-state index contributed by atoms with van der Waals surface area (Å²) in [6.45, 7) is 6.00. The van der Waals surface area contributed by atoms with Gasteiger partial charge in [-0.3, -0.25) is 0 Å². The van der Waals surface area contributed by atoms with Crippen molar-refractivity contribution in [3.63, 3.8) is 0 Å². The topological polar surface area (TPSA) is 20.2 Å². The van der Waals surface area contributed by atoms with Crippen molar-refractivity contribution in [2.75, 3.05) is 0 Å². The van der Waals surface area contributed by atoms with Crippen molar-refractivity contribution >= 4 is 11.6 Å². The minimum atomic E-state index is -0.669. The van der Waals surface area contributed by atoms with Gasteiger partial charge in [0.25, 0.3) is 0 Å². The van der Waals surface area contributed by atoms with Crippen LogP contribution in [0.25, 0.3) is 0 Å². The maximum Gasteiger partial charge on any atom is 0.106 e. The predicted molar refractivity (Wildman–Crippen MR) is 76.2 cm³/mol. The Balaban J connectivity index is 2.48. The molecule has 2 heteroatoms. The van der Waals surface area contributed by atoms with Crippen molar-refractivity contribution in [2.24, 2.45) is 0 Å². The fraction of sp³-hybridized carbons (Fsp3) is 0.250. The molecule has 0 aliphatic carbocycles. The number of hydrogen-bond acceptors (Lipinski definition) is 1. The first-order valence-electron chi connectivity index (χ1n) is 6.01. The second-order valence-corrected chi connectivity index (χ2v) is 5.12. The molecule has 1 atom stereocenters. The van der Waals surface area contributed by atoms with Crippen LogP contribution < -0.4 is 0 Å². The van der Waals surface area contributed by atoms with Crippen molar-refractivity contribution in [1.82, 2.24) is 0 Å². The summed E-state index contributed by atoms with van der Waals surface area (Å²) < 4.78 is 0. The monoisotopic (exact) mass is 260 g/mol. The molecule has 0 spiro atoms. The Morgan fingerprint density at radius 2 is 1.67 bits per heavy atom. The van der Waals surface area contributed by atoms with Crippen LogP contribution >= 0.6 is 11.6 Å². The molecule has 1 nitrogen and oxygen atoms in total. The van der Waals surface area contributed by atoms with Gasteiger partial charge < -0.3 is 5.11 Å². The highest BCUT2D eigenvalue weighted by atomic mass is 35.5. The fourth-order valence-corrected chi connectivity index (χ4v) is 2.41. The highest BCUT2D eigenvalue weighted by molar-refractivity contribution is 6.32. The highest BCUT2D eigenvalue weighted by Crippen LogP contribution is 2.31. The molecule has 0 fully saturated rings. The Morgan fingerprint density at radius 1 is 0.944 bits per heavy atom. The van der Waals surface area contributed by atoms with E-state index in [-0.39, 0.29) is 0 Å². The summed E-state index contributed by atoms with van der Waals surface area (Å²) in [5, 5.41) is 11.1. The summed E-state index contributed by atoms with van der Waals surface area (Å²) in [6.07, 6.45) is -0.669. The van der Waals surface area contributed by atoms with Crippen LogP contribution in [0.4, 0.5) is 0 Å². The molecule has 0 aliphatic heterocycles. The highest BCUT2D eigenvalue weighted by Gasteiger charge is 2.16. The van der Waals surface area contributed by atoms with Crippen LogP contribution in [-0.2, 0) is 0 Å². The summed E-state index contributed by atoms with van der Waals surface area (Å²) in [5.74, 6) is 0. The lowest BCUT2D eigenvalue weighted by Crippen LogP contribution is -2.03. The van der Waals surface area contributed by atoms with E-state index < -0.39 is 6.10 Å². The van der Waals surface area contributed by atoms with Crippen LogP contribution in [0.15, 0.2) is 36.4 Å². The van der Waals surface area contributed by atoms with Gasteiger partial charge in [0.2, 0.25) is 0 Å². The Hall–Kier alpha value is -1.31. The van der Waals surface area contributed by atoms with E-state index in [2.05, 4.69) is 6.07 Å². The quantitative estimate of drug-likeness (QED) is 0.851. The van der Waals surface area contributed by atoms with Crippen molar-refractivity contribution in [1.29, 1.82) is 0 Å². The zero-order valence-electron chi connectivity index (χ0n) is 10.9. The summed E-state index contributed by atoms with van der Waals surface area (Å²) in [5.41, 5.74) is 4.94. The molecular weight excluding hydrogens is 244 g/mol. The molecule has 0 aliphatic rings. The molecule has 0 bridgehead atoms. The Kier molecular flexibility index (Phi) is 3.74. The predicted octanol–water partition coefficient (Wildman–Crippen LogP) is 4.35. The zero-order chi connectivity index (χ0) is 13.3. The lowest BCUT2D eigenvalue weighted by atomic mass is 9.95. The lowest BCUT2D eigenvalue weighted by Gasteiger charge is -2.17. The zero-order valence-corrected chi connectivity index (χ0v) is 11.6. The van der Waals surface area contributed by atoms with Crippen molar-refractivity contribution < 1.29 is 5.11 Å². The van der Waals surface area contributed by atoms with Crippen LogP contribution in [0.2, 0.25) is 5.02 Å². The molecule has 2 rings (SSSR count). The molecule has 0 amide bonds. The average molecular weight is 261 g/mol. The van der Waals surface area contributed by atoms with Gasteiger partial charge >= 0.3 is 0 Å². The van der Waals surface area contributed by atoms with Gasteiger partial charge in [-0.15, -0.1) is 0 Å². The second-order valence-electron chi connectivity index (χ2n) is 4.74. The normalized spacial score (nSPS) is 12.5. The van der Waals surface area contributed by atoms with E-state index in [1.807, 2.05) is 51.1 Å². The van der Waals surface area contributed by atoms with Gasteiger partial charge in [-0.25, -0.2) is 0 Å². The third kappa shape index (κ3) is 2.43. The second kappa shape index (κ2) is 5.13. The SMILES string of the molecule is Cc1ccc(C(O)c2cccc(C)c2Cl)c(C)c1. The molecule has 18 heavy (non-hydrogen) atoms. The van der Waals surface area contributed by atoms with E-state index >= 15 is 0 Å². The summed E-state index contributed by atoms with van der Waals surface area (Å²) >= 11 is 6.26. The molecule has 0 saturated carbocycles. The number of halogens is 1. The minimum Gasteiger partial charge on any atom is -0.384 e. The van der Waals surface area contributed by atoms with Gasteiger partial charge in [0.15, 0.2) is 0 Å². The molecule has 0 radical (unpaired) electrons. The molecule has 0 saturated heterocycles. The maximum absolute atomic E-state index is 10.5. The largest absolute Gasteiger partial charge is 0.384 e. The molecule has 2 aromatic rings. The number of benzene rings is 2. The number of aliphatic hydroxyl groups excluding tert-OH is 1. The van der Waals surface area contributed by atoms with Crippen molar-refractivity contribution in [3.8, 4) is 0 Å². The number of hydrogen-bond donors (Lipinski definition) is 1. The minimum absolute atomic E-state index is 0.643. The van der Waals surface area contributed by atoms with E-state index in [4.69, 9.17) is 11.6 Å². The van der Waals surface area contributed by atoms with Crippen LogP contribution in [0, 0.1) is 20.8 Å². The van der Waals surface area contributed by atoms with E-state index in [0.29, 0.717) is 5.02 Å². The van der Waals surface area contributed by atoms with E-state index in [0.717, 1.165) is 22.3 Å². The smallest absolute Gasteiger partial charge is 0.106 e. The van der Waals surface area contributed by atoms with Gasteiger partial charge in [0.05, 0.1) is 0 Å². The van der Waals surface area contributed by atoms with E-state index in [1.165, 1.54) is 5.56 Å². The first-order valence-corrected chi connectivity index (χ1v) is 6.38. The van der Waals surface area contributed by atoms with Gasteiger partial charge in [-0.2, -0.15) is 0 Å². The number of aliphatic hydroxyl groups is 1. The molecule has 94 valence electrons. The van der Waals surface area contributed by atoms with Crippen LogP contribution in [0.3, 0.4) is 0 Å². The number of rotatable bonds is 2. The third-order valence-corrected chi connectivity index (χ3v) is 3.75. The van der Waals surface area contributed by atoms with Crippen LogP contribution in [0.5, 0.6) is 0 Å². The Labute approximate surface area is 113 Å². The first kappa shape index (κ1) is 13.1. The molecule has 0 aromatic heterocycles. The van der Waals surface area contributed by atoms with E-state index in [9.17, 15) is 5.11 Å². The third-order valence-electron chi connectivity index (χ3n) is 3.24. The molecular formula is C16H17ClO. The first-order chi connectivity index (χ1) is 8.50. The van der Waals surface area contributed by atoms with Gasteiger partial charge in [0, 0.05) is 10.6 Å². The molecule has 2 aromatic carbocycles. The van der Waals surface area contributed by atoms with Gasteiger partial charge in [0.1, 0.15) is 6.10 Å². The molecule has 1 N–H and O–H groups in total. The standard InChI is InChI=1S/C16H17ClO/c1-10-7-8-13(12(3)9-10)16(18)14-6-4-5-11(2)15(14)17/h4-9,16,18H,1-3H3. The van der Waals surface area contributed by atoms with Gasteiger partial charge in [-0.1, -0.05) is 53.6 Å². The molecule has 0 heterocycles. The Morgan fingerprint density at radius 3 is 2.33 bits per heavy atom. The fourth-order valence-electron chi connectivity index (χ4n) is 2.18. The van der Waals surface area contributed by atoms with Crippen LogP contribution in [0.1, 0.15) is 33.9 Å². The number of aryl methyl sites for hydroxylation is 3. The van der Waals surface area contributed by atoms with E-state index in [1.54, 1.807) is 0 Å². The Bertz CT molecular complexity index is 575. The maximum atomic E-state index is 10.5. The average Bonchev–Trinajstić information content (AvgIpc) is 2.32. The van der Waals surface area contributed by atoms with Gasteiger partial charge in [-0.05, 0) is 37.5 Å².